The summed E-state index contributed by atoms with van der Waals surface area (Å²) in [5.41, 5.74) is 5.66. The van der Waals surface area contributed by atoms with Crippen LogP contribution in [-0.4, -0.2) is 34.3 Å². The fourth-order valence-corrected chi connectivity index (χ4v) is 2.83. The first-order valence-electron chi connectivity index (χ1n) is 7.52. The minimum absolute atomic E-state index is 0.871. The van der Waals surface area contributed by atoms with Gasteiger partial charge < -0.3 is 4.90 Å². The Morgan fingerprint density at radius 1 is 1.00 bits per heavy atom. The second kappa shape index (κ2) is 5.05. The van der Waals surface area contributed by atoms with Crippen molar-refractivity contribution in [3.8, 4) is 11.4 Å². The molecule has 4 rings (SSSR count). The quantitative estimate of drug-likeness (QED) is 0.615. The molecule has 114 valence electrons. The average molecular weight is 303 g/mol. The molecule has 0 fully saturated rings. The normalized spacial score (nSPS) is 11.3. The number of hydrogen-bond acceptors (Lipinski definition) is 4. The van der Waals surface area contributed by atoms with E-state index in [1.807, 2.05) is 39.2 Å². The van der Waals surface area contributed by atoms with Crippen LogP contribution in [0.15, 0.2) is 42.6 Å². The van der Waals surface area contributed by atoms with E-state index < -0.39 is 0 Å². The van der Waals surface area contributed by atoms with Gasteiger partial charge in [-0.1, -0.05) is 6.07 Å². The molecule has 0 atom stereocenters. The lowest BCUT2D eigenvalue weighted by molar-refractivity contribution is 1.07. The highest BCUT2D eigenvalue weighted by atomic mass is 15.1. The first-order chi connectivity index (χ1) is 11.1. The average Bonchev–Trinajstić information content (AvgIpc) is 2.95. The van der Waals surface area contributed by atoms with E-state index in [2.05, 4.69) is 38.3 Å². The Bertz CT molecular complexity index is 1000. The fraction of sp³-hybridized carbons (Fsp3) is 0.167. The van der Waals surface area contributed by atoms with Gasteiger partial charge in [0.2, 0.25) is 0 Å². The number of aromatic nitrogens is 4. The van der Waals surface area contributed by atoms with Crippen LogP contribution in [0.4, 0.5) is 5.69 Å². The van der Waals surface area contributed by atoms with Crippen LogP contribution >= 0.6 is 0 Å². The first-order valence-corrected chi connectivity index (χ1v) is 7.52. The molecule has 5 heteroatoms. The van der Waals surface area contributed by atoms with Crippen LogP contribution in [0.1, 0.15) is 5.69 Å². The summed E-state index contributed by atoms with van der Waals surface area (Å²) in [5, 5.41) is 9.63. The molecule has 0 aliphatic rings. The molecule has 5 nitrogen and oxygen atoms in total. The fourth-order valence-electron chi connectivity index (χ4n) is 2.83. The van der Waals surface area contributed by atoms with Gasteiger partial charge in [-0.3, -0.25) is 10.1 Å². The molecule has 0 saturated heterocycles. The number of pyridine rings is 2. The monoisotopic (exact) mass is 303 g/mol. The van der Waals surface area contributed by atoms with Gasteiger partial charge >= 0.3 is 0 Å². The predicted molar refractivity (Wildman–Crippen MR) is 93.7 cm³/mol. The lowest BCUT2D eigenvalue weighted by Gasteiger charge is -2.14. The molecule has 1 aromatic carbocycles. The summed E-state index contributed by atoms with van der Waals surface area (Å²) in [5.74, 6) is 0. The molecule has 0 amide bonds. The van der Waals surface area contributed by atoms with E-state index >= 15 is 0 Å². The van der Waals surface area contributed by atoms with Crippen LogP contribution in [0.5, 0.6) is 0 Å². The summed E-state index contributed by atoms with van der Waals surface area (Å²) in [4.78, 5) is 11.4. The van der Waals surface area contributed by atoms with Crippen LogP contribution in [0.3, 0.4) is 0 Å². The van der Waals surface area contributed by atoms with Crippen molar-refractivity contribution in [1.82, 2.24) is 20.2 Å². The van der Waals surface area contributed by atoms with E-state index in [-0.39, 0.29) is 0 Å². The number of H-pyrrole nitrogens is 1. The SMILES string of the molecule is Cc1[nH]nc2c1nc(-c1ccccn1)c1cc(N(C)C)ccc12. The number of benzene rings is 1. The van der Waals surface area contributed by atoms with E-state index in [1.165, 1.54) is 0 Å². The second-order valence-electron chi connectivity index (χ2n) is 5.85. The molecule has 1 N–H and O–H groups in total. The largest absolute Gasteiger partial charge is 0.378 e. The van der Waals surface area contributed by atoms with E-state index in [9.17, 15) is 0 Å². The van der Waals surface area contributed by atoms with Gasteiger partial charge in [0, 0.05) is 36.8 Å². The molecule has 0 aliphatic carbocycles. The summed E-state index contributed by atoms with van der Waals surface area (Å²) in [6.45, 7) is 1.99. The Kier molecular flexibility index (Phi) is 3.01. The topological polar surface area (TPSA) is 57.7 Å². The molecule has 0 unspecified atom stereocenters. The van der Waals surface area contributed by atoms with Gasteiger partial charge in [0.25, 0.3) is 0 Å². The van der Waals surface area contributed by atoms with E-state index in [1.54, 1.807) is 6.20 Å². The van der Waals surface area contributed by atoms with Crippen molar-refractivity contribution in [2.45, 2.75) is 6.92 Å². The van der Waals surface area contributed by atoms with E-state index in [0.29, 0.717) is 0 Å². The van der Waals surface area contributed by atoms with Crippen molar-refractivity contribution in [2.75, 3.05) is 19.0 Å². The molecule has 0 bridgehead atoms. The van der Waals surface area contributed by atoms with Gasteiger partial charge in [0.05, 0.1) is 17.1 Å². The van der Waals surface area contributed by atoms with Gasteiger partial charge in [-0.2, -0.15) is 5.10 Å². The van der Waals surface area contributed by atoms with E-state index in [0.717, 1.165) is 44.6 Å². The minimum Gasteiger partial charge on any atom is -0.378 e. The summed E-state index contributed by atoms with van der Waals surface area (Å²) >= 11 is 0. The van der Waals surface area contributed by atoms with Gasteiger partial charge in [-0.15, -0.1) is 0 Å². The number of aromatic amines is 1. The molecule has 0 saturated carbocycles. The van der Waals surface area contributed by atoms with Crippen LogP contribution in [0.2, 0.25) is 0 Å². The van der Waals surface area contributed by atoms with Crippen molar-refractivity contribution < 1.29 is 0 Å². The van der Waals surface area contributed by atoms with Gasteiger partial charge in [-0.05, 0) is 37.3 Å². The zero-order valence-corrected chi connectivity index (χ0v) is 13.3. The molecule has 23 heavy (non-hydrogen) atoms. The molecule has 4 aromatic rings. The number of aryl methyl sites for hydroxylation is 1. The maximum Gasteiger partial charge on any atom is 0.119 e. The number of rotatable bonds is 2. The zero-order valence-electron chi connectivity index (χ0n) is 13.3. The molecule has 0 aliphatic heterocycles. The third-order valence-electron chi connectivity index (χ3n) is 4.08. The third-order valence-corrected chi connectivity index (χ3v) is 4.08. The molecular formula is C18H17N5. The number of fused-ring (bicyclic) bond motifs is 3. The summed E-state index contributed by atoms with van der Waals surface area (Å²) in [6.07, 6.45) is 1.80. The van der Waals surface area contributed by atoms with E-state index in [4.69, 9.17) is 4.98 Å². The molecular weight excluding hydrogens is 286 g/mol. The summed E-state index contributed by atoms with van der Waals surface area (Å²) in [6, 6.07) is 12.3. The number of nitrogens with one attached hydrogen (secondary N) is 1. The van der Waals surface area contributed by atoms with Gasteiger partial charge in [0.15, 0.2) is 0 Å². The summed E-state index contributed by atoms with van der Waals surface area (Å²) in [7, 11) is 4.07. The highest BCUT2D eigenvalue weighted by Gasteiger charge is 2.15. The van der Waals surface area contributed by atoms with Crippen molar-refractivity contribution in [3.05, 3.63) is 48.3 Å². The Morgan fingerprint density at radius 3 is 2.61 bits per heavy atom. The number of nitrogens with zero attached hydrogens (tertiary/aromatic N) is 4. The molecule has 3 heterocycles. The van der Waals surface area contributed by atoms with Gasteiger partial charge in [0.1, 0.15) is 11.0 Å². The maximum absolute atomic E-state index is 4.86. The van der Waals surface area contributed by atoms with Crippen LogP contribution < -0.4 is 4.90 Å². The minimum atomic E-state index is 0.871. The van der Waals surface area contributed by atoms with Gasteiger partial charge in [-0.25, -0.2) is 4.98 Å². The lowest BCUT2D eigenvalue weighted by Crippen LogP contribution is -2.08. The number of anilines is 1. The lowest BCUT2D eigenvalue weighted by atomic mass is 10.0. The first kappa shape index (κ1) is 13.7. The van der Waals surface area contributed by atoms with Crippen molar-refractivity contribution >= 4 is 27.5 Å². The van der Waals surface area contributed by atoms with Crippen LogP contribution in [0, 0.1) is 6.92 Å². The maximum atomic E-state index is 4.86. The van der Waals surface area contributed by atoms with Crippen LogP contribution in [-0.2, 0) is 0 Å². The van der Waals surface area contributed by atoms with Crippen LogP contribution in [0.25, 0.3) is 33.2 Å². The third kappa shape index (κ3) is 2.12. The highest BCUT2D eigenvalue weighted by Crippen LogP contribution is 2.33. The van der Waals surface area contributed by atoms with Crippen molar-refractivity contribution in [1.29, 1.82) is 0 Å². The standard InChI is InChI=1S/C18H17N5/c1-11-16-18(22-21-11)13-8-7-12(23(2)3)10-14(13)17(20-16)15-6-4-5-9-19-15/h4-10H,1-3H3,(H,21,22). The molecule has 3 aromatic heterocycles. The summed E-state index contributed by atoms with van der Waals surface area (Å²) < 4.78 is 0. The highest BCUT2D eigenvalue weighted by molar-refractivity contribution is 6.10. The Morgan fingerprint density at radius 2 is 1.87 bits per heavy atom. The molecule has 0 spiro atoms. The van der Waals surface area contributed by atoms with Crippen molar-refractivity contribution in [3.63, 3.8) is 0 Å². The number of hydrogen-bond donors (Lipinski definition) is 1. The predicted octanol–water partition coefficient (Wildman–Crippen LogP) is 3.55. The zero-order chi connectivity index (χ0) is 16.0. The second-order valence-corrected chi connectivity index (χ2v) is 5.85. The van der Waals surface area contributed by atoms with Crippen molar-refractivity contribution in [2.24, 2.45) is 0 Å². The Hall–Kier alpha value is -2.95. The Labute approximate surface area is 134 Å². The smallest absolute Gasteiger partial charge is 0.119 e. The molecule has 0 radical (unpaired) electrons. The Balaban J connectivity index is 2.15.